The second-order valence-electron chi connectivity index (χ2n) is 4.14. The van der Waals surface area contributed by atoms with Crippen molar-refractivity contribution >= 4 is 10.0 Å². The first kappa shape index (κ1) is 16.7. The fourth-order valence-electron chi connectivity index (χ4n) is 1.66. The molecule has 110 valence electrons. The van der Waals surface area contributed by atoms with Gasteiger partial charge in [0, 0.05) is 18.7 Å². The van der Waals surface area contributed by atoms with Gasteiger partial charge in [0.25, 0.3) is 0 Å². The van der Waals surface area contributed by atoms with Crippen molar-refractivity contribution in [2.75, 3.05) is 20.3 Å². The van der Waals surface area contributed by atoms with Gasteiger partial charge in [0.1, 0.15) is 6.61 Å². The first-order chi connectivity index (χ1) is 9.55. The summed E-state index contributed by atoms with van der Waals surface area (Å²) in [5, 5.41) is 8.72. The lowest BCUT2D eigenvalue weighted by Gasteiger charge is -2.16. The maximum Gasteiger partial charge on any atom is 0.242 e. The third-order valence-electron chi connectivity index (χ3n) is 2.66. The van der Waals surface area contributed by atoms with Gasteiger partial charge in [0.05, 0.1) is 11.5 Å². The number of nitrogens with one attached hydrogen (secondary N) is 1. The Morgan fingerprint density at radius 1 is 1.40 bits per heavy atom. The molecule has 1 unspecified atom stereocenters. The highest BCUT2D eigenvalue weighted by molar-refractivity contribution is 7.89. The van der Waals surface area contributed by atoms with Crippen LogP contribution >= 0.6 is 0 Å². The summed E-state index contributed by atoms with van der Waals surface area (Å²) in [5.74, 6) is 5.10. The van der Waals surface area contributed by atoms with E-state index in [2.05, 4.69) is 16.6 Å². The predicted octanol–water partition coefficient (Wildman–Crippen LogP) is 0.734. The van der Waals surface area contributed by atoms with E-state index >= 15 is 0 Å². The number of benzene rings is 1. The molecule has 0 saturated carbocycles. The minimum Gasteiger partial charge on any atom is -0.384 e. The molecule has 1 rings (SSSR count). The van der Waals surface area contributed by atoms with Crippen LogP contribution < -0.4 is 4.72 Å². The van der Waals surface area contributed by atoms with Crippen LogP contribution in [-0.2, 0) is 14.8 Å². The molecule has 0 bridgehead atoms. The van der Waals surface area contributed by atoms with E-state index < -0.39 is 10.0 Å². The van der Waals surface area contributed by atoms with Crippen molar-refractivity contribution in [2.24, 2.45) is 0 Å². The van der Waals surface area contributed by atoms with Gasteiger partial charge >= 0.3 is 0 Å². The van der Waals surface area contributed by atoms with E-state index in [0.29, 0.717) is 18.6 Å². The maximum absolute atomic E-state index is 12.4. The predicted molar refractivity (Wildman–Crippen MR) is 76.7 cm³/mol. The largest absolute Gasteiger partial charge is 0.384 e. The molecule has 0 heterocycles. The Bertz CT molecular complexity index is 587. The molecule has 5 nitrogen and oxygen atoms in total. The summed E-state index contributed by atoms with van der Waals surface area (Å²) >= 11 is 0. The molecule has 0 saturated heterocycles. The summed E-state index contributed by atoms with van der Waals surface area (Å²) in [6.07, 6.45) is 0.623. The number of ether oxygens (including phenoxy) is 1. The van der Waals surface area contributed by atoms with Crippen LogP contribution in [0.4, 0.5) is 0 Å². The third kappa shape index (κ3) is 4.62. The lowest BCUT2D eigenvalue weighted by atomic mass is 10.2. The van der Waals surface area contributed by atoms with E-state index in [1.54, 1.807) is 18.2 Å². The second-order valence-corrected chi connectivity index (χ2v) is 5.82. The third-order valence-corrected chi connectivity index (χ3v) is 4.24. The molecule has 0 aliphatic carbocycles. The fraction of sp³-hybridized carbons (Fsp3) is 0.429. The number of aliphatic hydroxyl groups is 1. The summed E-state index contributed by atoms with van der Waals surface area (Å²) in [6, 6.07) is 6.14. The van der Waals surface area contributed by atoms with E-state index in [-0.39, 0.29) is 17.5 Å². The topological polar surface area (TPSA) is 75.6 Å². The van der Waals surface area contributed by atoms with Gasteiger partial charge < -0.3 is 9.84 Å². The van der Waals surface area contributed by atoms with Crippen molar-refractivity contribution in [1.29, 1.82) is 0 Å². The van der Waals surface area contributed by atoms with Gasteiger partial charge in [0.2, 0.25) is 10.0 Å². The normalized spacial score (nSPS) is 12.6. The van der Waals surface area contributed by atoms with Crippen LogP contribution in [0.3, 0.4) is 0 Å². The van der Waals surface area contributed by atoms with E-state index in [9.17, 15) is 8.42 Å². The summed E-state index contributed by atoms with van der Waals surface area (Å²) in [6.45, 7) is 1.87. The van der Waals surface area contributed by atoms with Crippen molar-refractivity contribution < 1.29 is 18.3 Å². The zero-order chi connectivity index (χ0) is 15.0. The molecule has 0 amide bonds. The van der Waals surface area contributed by atoms with Gasteiger partial charge in [-0.1, -0.05) is 30.9 Å². The molecule has 0 aliphatic heterocycles. The minimum atomic E-state index is -3.67. The van der Waals surface area contributed by atoms with Crippen LogP contribution in [0, 0.1) is 11.8 Å². The molecule has 1 aromatic carbocycles. The average Bonchev–Trinajstić information content (AvgIpc) is 2.44. The van der Waals surface area contributed by atoms with Gasteiger partial charge in [-0.2, -0.15) is 0 Å². The molecule has 0 spiro atoms. The molecule has 1 aromatic rings. The number of hydrogen-bond donors (Lipinski definition) is 2. The summed E-state index contributed by atoms with van der Waals surface area (Å²) in [5.41, 5.74) is 0.362. The Morgan fingerprint density at radius 2 is 2.10 bits per heavy atom. The smallest absolute Gasteiger partial charge is 0.242 e. The van der Waals surface area contributed by atoms with Crippen molar-refractivity contribution in [3.8, 4) is 11.8 Å². The average molecular weight is 297 g/mol. The fourth-order valence-corrected chi connectivity index (χ4v) is 3.13. The number of rotatable bonds is 6. The Morgan fingerprint density at radius 3 is 2.70 bits per heavy atom. The first-order valence-electron chi connectivity index (χ1n) is 6.25. The summed E-state index contributed by atoms with van der Waals surface area (Å²) in [7, 11) is -2.14. The van der Waals surface area contributed by atoms with E-state index in [0.717, 1.165) is 0 Å². The molecule has 20 heavy (non-hydrogen) atoms. The molecule has 1 atom stereocenters. The lowest BCUT2D eigenvalue weighted by Crippen LogP contribution is -2.37. The Kier molecular flexibility index (Phi) is 6.68. The van der Waals surface area contributed by atoms with Crippen molar-refractivity contribution in [3.05, 3.63) is 29.8 Å². The molecule has 6 heteroatoms. The van der Waals surface area contributed by atoms with E-state index in [1.165, 1.54) is 13.2 Å². The maximum atomic E-state index is 12.4. The molecule has 0 aromatic heterocycles. The van der Waals surface area contributed by atoms with Crippen LogP contribution in [0.1, 0.15) is 18.9 Å². The Labute approximate surface area is 120 Å². The van der Waals surface area contributed by atoms with Crippen LogP contribution in [0.5, 0.6) is 0 Å². The van der Waals surface area contributed by atoms with Gasteiger partial charge in [-0.3, -0.25) is 0 Å². The van der Waals surface area contributed by atoms with Crippen LogP contribution in [0.2, 0.25) is 0 Å². The van der Waals surface area contributed by atoms with Crippen molar-refractivity contribution in [1.82, 2.24) is 4.72 Å². The van der Waals surface area contributed by atoms with Crippen LogP contribution in [-0.4, -0.2) is 39.9 Å². The zero-order valence-electron chi connectivity index (χ0n) is 11.6. The number of aliphatic hydroxyl groups excluding tert-OH is 1. The molecule has 0 fully saturated rings. The van der Waals surface area contributed by atoms with Crippen molar-refractivity contribution in [2.45, 2.75) is 24.3 Å². The quantitative estimate of drug-likeness (QED) is 0.759. The SMILES string of the molecule is CCC(COC)NS(=O)(=O)c1ccccc1C#CCO. The zero-order valence-corrected chi connectivity index (χ0v) is 12.4. The molecule has 0 aliphatic rings. The molecule has 2 N–H and O–H groups in total. The number of methoxy groups -OCH3 is 1. The number of hydrogen-bond acceptors (Lipinski definition) is 4. The Hall–Kier alpha value is -1.39. The van der Waals surface area contributed by atoms with Gasteiger partial charge in [-0.15, -0.1) is 0 Å². The minimum absolute atomic E-state index is 0.107. The second kappa shape index (κ2) is 8.02. The van der Waals surface area contributed by atoms with E-state index in [4.69, 9.17) is 9.84 Å². The van der Waals surface area contributed by atoms with Crippen molar-refractivity contribution in [3.63, 3.8) is 0 Å². The molecular formula is C14H19NO4S. The van der Waals surface area contributed by atoms with E-state index in [1.807, 2.05) is 6.92 Å². The highest BCUT2D eigenvalue weighted by Gasteiger charge is 2.21. The highest BCUT2D eigenvalue weighted by Crippen LogP contribution is 2.15. The lowest BCUT2D eigenvalue weighted by molar-refractivity contribution is 0.173. The first-order valence-corrected chi connectivity index (χ1v) is 7.73. The van der Waals surface area contributed by atoms with Crippen LogP contribution in [0.15, 0.2) is 29.2 Å². The summed E-state index contributed by atoms with van der Waals surface area (Å²) < 4.78 is 32.3. The Balaban J connectivity index is 3.09. The van der Waals surface area contributed by atoms with Gasteiger partial charge in [-0.25, -0.2) is 13.1 Å². The van der Waals surface area contributed by atoms with Crippen LogP contribution in [0.25, 0.3) is 0 Å². The van der Waals surface area contributed by atoms with Gasteiger partial charge in [0.15, 0.2) is 0 Å². The number of sulfonamides is 1. The summed E-state index contributed by atoms with van der Waals surface area (Å²) in [4.78, 5) is 0.107. The standard InChI is InChI=1S/C14H19NO4S/c1-3-13(11-19-2)15-20(17,18)14-9-5-4-7-12(14)8-6-10-16/h4-5,7,9,13,15-16H,3,10-11H2,1-2H3. The monoisotopic (exact) mass is 297 g/mol. The highest BCUT2D eigenvalue weighted by atomic mass is 32.2. The molecule has 0 radical (unpaired) electrons. The van der Waals surface area contributed by atoms with Gasteiger partial charge in [-0.05, 0) is 18.6 Å². The molecular weight excluding hydrogens is 278 g/mol.